The standard InChI is InChI=1S/C78H48N4OS/c1-5-19-53(20-6-1)79(57-33-37-65-71(45-57)81(55-23-9-3-10-24-55)69-39-29-49-17-13-15-27-61(49)77(65)69)59-31-35-63-67-41-52-44-75-68(42-51(52)43-73(67)83-74(63)47-59)64-36-32-60(48-76(64)84-75)80(54-21-7-2-8-22-54)58-34-38-66-72(46-58)82(56-25-11-4-12-26-56)70-40-30-50-18-14-16-28-62(50)78(66)70/h1-48H. The second kappa shape index (κ2) is 18.3. The lowest BCUT2D eigenvalue weighted by atomic mass is 10.0. The molecule has 0 N–H and O–H groups in total. The van der Waals surface area contributed by atoms with Crippen LogP contribution in [0.1, 0.15) is 0 Å². The maximum atomic E-state index is 6.92. The summed E-state index contributed by atoms with van der Waals surface area (Å²) in [7, 11) is 0. The Morgan fingerprint density at radius 3 is 1.24 bits per heavy atom. The number of furan rings is 1. The SMILES string of the molecule is c1ccc(N(c2ccc3c(c2)oc2cc4cc5c(cc4cc23)sc2cc(N(c3ccccc3)c3ccc4c6c7ccccc7ccc6n(-c6ccccc6)c4c3)ccc25)c2ccc3c4c5ccccc5ccc4n(-c4ccccc4)c3c2)cc1. The first kappa shape index (κ1) is 46.8. The van der Waals surface area contributed by atoms with Crippen molar-refractivity contribution in [2.75, 3.05) is 9.80 Å². The van der Waals surface area contributed by atoms with Crippen LogP contribution in [0.4, 0.5) is 34.1 Å². The molecule has 0 unspecified atom stereocenters. The molecule has 14 aromatic carbocycles. The predicted octanol–water partition coefficient (Wildman–Crippen LogP) is 22.5. The zero-order valence-corrected chi connectivity index (χ0v) is 46.1. The summed E-state index contributed by atoms with van der Waals surface area (Å²) >= 11 is 1.86. The number of fused-ring (bicyclic) bond motifs is 17. The zero-order chi connectivity index (χ0) is 55.0. The number of aromatic nitrogens is 2. The molecule has 84 heavy (non-hydrogen) atoms. The van der Waals surface area contributed by atoms with E-state index in [1.54, 1.807) is 0 Å². The predicted molar refractivity (Wildman–Crippen MR) is 357 cm³/mol. The van der Waals surface area contributed by atoms with E-state index in [0.29, 0.717) is 0 Å². The zero-order valence-electron chi connectivity index (χ0n) is 45.3. The van der Waals surface area contributed by atoms with E-state index in [1.165, 1.54) is 85.2 Å². The van der Waals surface area contributed by atoms with Gasteiger partial charge < -0.3 is 23.4 Å². The van der Waals surface area contributed by atoms with E-state index in [-0.39, 0.29) is 0 Å². The van der Waals surface area contributed by atoms with Crippen LogP contribution in [0.25, 0.3) is 129 Å². The van der Waals surface area contributed by atoms with Crippen molar-refractivity contribution in [3.63, 3.8) is 0 Å². The van der Waals surface area contributed by atoms with E-state index in [4.69, 9.17) is 4.42 Å². The molecule has 0 saturated heterocycles. The fourth-order valence-corrected chi connectivity index (χ4v) is 14.8. The third kappa shape index (κ3) is 7.14. The van der Waals surface area contributed by atoms with E-state index in [9.17, 15) is 0 Å². The fourth-order valence-electron chi connectivity index (χ4n) is 13.6. The number of nitrogens with zero attached hydrogens (tertiary/aromatic N) is 4. The van der Waals surface area contributed by atoms with Gasteiger partial charge in [-0.15, -0.1) is 11.3 Å². The second-order valence-corrected chi connectivity index (χ2v) is 23.1. The fraction of sp³-hybridized carbons (Fsp3) is 0. The van der Waals surface area contributed by atoms with Crippen molar-refractivity contribution in [1.82, 2.24) is 9.13 Å². The van der Waals surface area contributed by atoms with E-state index in [2.05, 4.69) is 310 Å². The van der Waals surface area contributed by atoms with Gasteiger partial charge in [-0.2, -0.15) is 0 Å². The van der Waals surface area contributed by atoms with Crippen molar-refractivity contribution in [3.8, 4) is 11.4 Å². The summed E-state index contributed by atoms with van der Waals surface area (Å²) in [6.07, 6.45) is 0. The molecule has 0 saturated carbocycles. The Balaban J connectivity index is 0.742. The molecule has 18 aromatic rings. The lowest BCUT2D eigenvalue weighted by molar-refractivity contribution is 0.669. The number of hydrogen-bond donors (Lipinski definition) is 0. The summed E-state index contributed by atoms with van der Waals surface area (Å²) in [6, 6.07) is 106. The number of hydrogen-bond acceptors (Lipinski definition) is 4. The number of benzene rings is 14. The number of thiophene rings is 1. The normalized spacial score (nSPS) is 12.0. The molecule has 0 aliphatic heterocycles. The number of anilines is 6. The Kier molecular flexibility index (Phi) is 10.2. The van der Waals surface area contributed by atoms with Gasteiger partial charge in [-0.3, -0.25) is 0 Å². The van der Waals surface area contributed by atoms with Crippen molar-refractivity contribution < 1.29 is 4.42 Å². The van der Waals surface area contributed by atoms with Gasteiger partial charge in [0.2, 0.25) is 0 Å². The minimum Gasteiger partial charge on any atom is -0.456 e. The first-order chi connectivity index (χ1) is 41.6. The summed E-state index contributed by atoms with van der Waals surface area (Å²) in [5.41, 5.74) is 15.1. The van der Waals surface area contributed by atoms with Crippen LogP contribution in [0.2, 0.25) is 0 Å². The molecule has 0 aliphatic carbocycles. The smallest absolute Gasteiger partial charge is 0.137 e. The summed E-state index contributed by atoms with van der Waals surface area (Å²) in [6.45, 7) is 0. The Labute approximate surface area is 486 Å². The Hall–Kier alpha value is -10.9. The molecule has 0 atom stereocenters. The highest BCUT2D eigenvalue weighted by molar-refractivity contribution is 7.26. The monoisotopic (exact) mass is 1090 g/mol. The van der Waals surface area contributed by atoms with Crippen LogP contribution in [0.5, 0.6) is 0 Å². The van der Waals surface area contributed by atoms with E-state index < -0.39 is 0 Å². The highest BCUT2D eigenvalue weighted by atomic mass is 32.1. The van der Waals surface area contributed by atoms with Crippen LogP contribution in [0.3, 0.4) is 0 Å². The number of rotatable bonds is 8. The third-order valence-electron chi connectivity index (χ3n) is 17.4. The van der Waals surface area contributed by atoms with E-state index >= 15 is 0 Å². The summed E-state index contributed by atoms with van der Waals surface area (Å²) in [5, 5.41) is 17.0. The molecular formula is C78H48N4OS. The highest BCUT2D eigenvalue weighted by Gasteiger charge is 2.23. The highest BCUT2D eigenvalue weighted by Crippen LogP contribution is 2.47. The largest absolute Gasteiger partial charge is 0.456 e. The van der Waals surface area contributed by atoms with Crippen LogP contribution in [0, 0.1) is 0 Å². The van der Waals surface area contributed by atoms with Crippen molar-refractivity contribution in [3.05, 3.63) is 291 Å². The quantitative estimate of drug-likeness (QED) is 0.152. The molecule has 0 amide bonds. The molecule has 6 heteroatoms. The maximum Gasteiger partial charge on any atom is 0.137 e. The topological polar surface area (TPSA) is 29.5 Å². The molecule has 18 rings (SSSR count). The summed E-state index contributed by atoms with van der Waals surface area (Å²) in [5.74, 6) is 0. The van der Waals surface area contributed by atoms with E-state index in [0.717, 1.165) is 78.3 Å². The molecule has 392 valence electrons. The summed E-state index contributed by atoms with van der Waals surface area (Å²) < 4.78 is 14.3. The third-order valence-corrected chi connectivity index (χ3v) is 18.5. The Bertz CT molecular complexity index is 5330. The van der Waals surface area contributed by atoms with Crippen molar-refractivity contribution >= 4 is 164 Å². The van der Waals surface area contributed by atoms with Gasteiger partial charge in [-0.1, -0.05) is 152 Å². The van der Waals surface area contributed by atoms with Crippen LogP contribution in [-0.4, -0.2) is 9.13 Å². The van der Waals surface area contributed by atoms with Crippen molar-refractivity contribution in [2.45, 2.75) is 0 Å². The first-order valence-electron chi connectivity index (χ1n) is 28.6. The van der Waals surface area contributed by atoms with Crippen LogP contribution >= 0.6 is 11.3 Å². The molecule has 4 aromatic heterocycles. The molecule has 0 aliphatic rings. The van der Waals surface area contributed by atoms with Gasteiger partial charge in [0, 0.05) is 104 Å². The lowest BCUT2D eigenvalue weighted by Gasteiger charge is -2.26. The van der Waals surface area contributed by atoms with Gasteiger partial charge in [-0.05, 0) is 166 Å². The molecule has 0 radical (unpaired) electrons. The Morgan fingerprint density at radius 1 is 0.250 bits per heavy atom. The molecule has 4 heterocycles. The average Bonchev–Trinajstić information content (AvgIpc) is 3.16. The number of para-hydroxylation sites is 4. The van der Waals surface area contributed by atoms with Gasteiger partial charge in [0.15, 0.2) is 0 Å². The van der Waals surface area contributed by atoms with Gasteiger partial charge in [0.1, 0.15) is 11.2 Å². The minimum atomic E-state index is 0.849. The van der Waals surface area contributed by atoms with E-state index in [1.807, 2.05) is 11.3 Å². The van der Waals surface area contributed by atoms with Gasteiger partial charge in [0.25, 0.3) is 0 Å². The van der Waals surface area contributed by atoms with Crippen LogP contribution in [0.15, 0.2) is 296 Å². The minimum absolute atomic E-state index is 0.849. The lowest BCUT2D eigenvalue weighted by Crippen LogP contribution is -2.09. The molecule has 5 nitrogen and oxygen atoms in total. The molecule has 0 spiro atoms. The average molecular weight is 1090 g/mol. The van der Waals surface area contributed by atoms with Gasteiger partial charge >= 0.3 is 0 Å². The van der Waals surface area contributed by atoms with Crippen LogP contribution in [-0.2, 0) is 0 Å². The maximum absolute atomic E-state index is 6.92. The Morgan fingerprint density at radius 2 is 0.679 bits per heavy atom. The molecular weight excluding hydrogens is 1040 g/mol. The van der Waals surface area contributed by atoms with Crippen LogP contribution < -0.4 is 9.80 Å². The first-order valence-corrected chi connectivity index (χ1v) is 29.4. The second-order valence-electron chi connectivity index (χ2n) is 22.1. The van der Waals surface area contributed by atoms with Gasteiger partial charge in [0.05, 0.1) is 22.1 Å². The molecule has 0 bridgehead atoms. The van der Waals surface area contributed by atoms with Gasteiger partial charge in [-0.25, -0.2) is 0 Å². The summed E-state index contributed by atoms with van der Waals surface area (Å²) in [4.78, 5) is 4.75. The van der Waals surface area contributed by atoms with Crippen molar-refractivity contribution in [1.29, 1.82) is 0 Å². The molecule has 0 fully saturated rings. The van der Waals surface area contributed by atoms with Crippen molar-refractivity contribution in [2.24, 2.45) is 0 Å².